The van der Waals surface area contributed by atoms with E-state index in [4.69, 9.17) is 0 Å². The average Bonchev–Trinajstić information content (AvgIpc) is 2.96. The van der Waals surface area contributed by atoms with Crippen molar-refractivity contribution in [2.45, 2.75) is 25.3 Å². The van der Waals surface area contributed by atoms with Gasteiger partial charge in [-0.15, -0.1) is 0 Å². The molecule has 19 heavy (non-hydrogen) atoms. The lowest BCUT2D eigenvalue weighted by Crippen LogP contribution is -2.40. The molecule has 0 bridgehead atoms. The summed E-state index contributed by atoms with van der Waals surface area (Å²) >= 11 is 1.64. The molecule has 2 atom stereocenters. The molecule has 7 heteroatoms. The van der Waals surface area contributed by atoms with Gasteiger partial charge in [0.05, 0.1) is 0 Å². The van der Waals surface area contributed by atoms with E-state index in [1.807, 2.05) is 12.3 Å². The van der Waals surface area contributed by atoms with Crippen molar-refractivity contribution in [2.75, 3.05) is 19.3 Å². The maximum atomic E-state index is 12.1. The van der Waals surface area contributed by atoms with Crippen LogP contribution in [0.2, 0.25) is 0 Å². The van der Waals surface area contributed by atoms with Crippen molar-refractivity contribution in [3.05, 3.63) is 22.4 Å². The topological polar surface area (TPSA) is 66.5 Å². The molecule has 1 saturated heterocycles. The van der Waals surface area contributed by atoms with Crippen molar-refractivity contribution < 1.29 is 13.2 Å². The van der Waals surface area contributed by atoms with Crippen LogP contribution in [-0.4, -0.2) is 44.6 Å². The molecule has 1 aromatic heterocycles. The van der Waals surface area contributed by atoms with E-state index in [0.717, 1.165) is 6.42 Å². The molecular formula is C12H18N2O3S2. The molecule has 106 valence electrons. The van der Waals surface area contributed by atoms with Gasteiger partial charge in [0, 0.05) is 18.5 Å². The van der Waals surface area contributed by atoms with Gasteiger partial charge in [0.15, 0.2) is 0 Å². The summed E-state index contributed by atoms with van der Waals surface area (Å²) in [5.74, 6) is -0.466. The zero-order valence-corrected chi connectivity index (χ0v) is 12.6. The number of rotatable bonds is 4. The number of carbonyl (C=O) groups is 1. The highest BCUT2D eigenvalue weighted by molar-refractivity contribution is 7.90. The van der Waals surface area contributed by atoms with Crippen LogP contribution in [0, 0.1) is 0 Å². The van der Waals surface area contributed by atoms with E-state index in [1.165, 1.54) is 12.6 Å². The molecule has 0 radical (unpaired) electrons. The second kappa shape index (κ2) is 5.60. The molecule has 1 fully saturated rings. The molecule has 5 nitrogen and oxygen atoms in total. The predicted molar refractivity (Wildman–Crippen MR) is 75.7 cm³/mol. The summed E-state index contributed by atoms with van der Waals surface area (Å²) in [5, 5.41) is 4.12. The van der Waals surface area contributed by atoms with Crippen molar-refractivity contribution in [1.29, 1.82) is 0 Å². The first kappa shape index (κ1) is 14.5. The van der Waals surface area contributed by atoms with Gasteiger partial charge in [0.1, 0.15) is 5.75 Å². The number of likely N-dealkylation sites (tertiary alicyclic amines) is 1. The lowest BCUT2D eigenvalue weighted by Gasteiger charge is -2.21. The molecule has 0 spiro atoms. The van der Waals surface area contributed by atoms with E-state index in [9.17, 15) is 13.2 Å². The van der Waals surface area contributed by atoms with Gasteiger partial charge in [-0.1, -0.05) is 0 Å². The normalized spacial score (nSPS) is 23.8. The fourth-order valence-electron chi connectivity index (χ4n) is 2.44. The molecule has 1 aliphatic rings. The highest BCUT2D eigenvalue weighted by atomic mass is 32.2. The highest BCUT2D eigenvalue weighted by Crippen LogP contribution is 2.32. The zero-order chi connectivity index (χ0) is 14.0. The lowest BCUT2D eigenvalue weighted by atomic mass is 10.00. The van der Waals surface area contributed by atoms with E-state index >= 15 is 0 Å². The van der Waals surface area contributed by atoms with E-state index in [1.54, 1.807) is 16.2 Å². The first-order valence-corrected chi connectivity index (χ1v) is 8.75. The standard InChI is InChI=1S/C12H18N2O3S2/c1-9-5-11(10-3-4-18-7-10)6-14(9)12(15)8-19(16,17)13-2/h3-4,7,9,11,13H,5-6,8H2,1-2H3/t9-,11-/m1/s1. The Morgan fingerprint density at radius 3 is 2.89 bits per heavy atom. The molecule has 2 heterocycles. The van der Waals surface area contributed by atoms with Crippen LogP contribution in [0.5, 0.6) is 0 Å². The minimum absolute atomic E-state index is 0.0875. The summed E-state index contributed by atoms with van der Waals surface area (Å²) in [7, 11) is -2.17. The number of amides is 1. The van der Waals surface area contributed by atoms with Crippen LogP contribution >= 0.6 is 11.3 Å². The lowest BCUT2D eigenvalue weighted by molar-refractivity contribution is -0.128. The number of hydrogen-bond acceptors (Lipinski definition) is 4. The first-order valence-electron chi connectivity index (χ1n) is 6.15. The Balaban J connectivity index is 2.04. The van der Waals surface area contributed by atoms with Crippen molar-refractivity contribution in [3.63, 3.8) is 0 Å². The van der Waals surface area contributed by atoms with Crippen LogP contribution in [0.1, 0.15) is 24.8 Å². The van der Waals surface area contributed by atoms with E-state index in [2.05, 4.69) is 16.2 Å². The van der Waals surface area contributed by atoms with Gasteiger partial charge in [-0.05, 0) is 42.8 Å². The first-order chi connectivity index (χ1) is 8.93. The van der Waals surface area contributed by atoms with Crippen molar-refractivity contribution in [1.82, 2.24) is 9.62 Å². The van der Waals surface area contributed by atoms with Gasteiger partial charge in [0.2, 0.25) is 15.9 Å². The number of thiophene rings is 1. The number of carbonyl (C=O) groups excluding carboxylic acids is 1. The molecule has 0 aliphatic carbocycles. The second-order valence-corrected chi connectivity index (χ2v) is 7.55. The summed E-state index contributed by atoms with van der Waals surface area (Å²) in [4.78, 5) is 13.7. The number of hydrogen-bond donors (Lipinski definition) is 1. The monoisotopic (exact) mass is 302 g/mol. The molecular weight excluding hydrogens is 284 g/mol. The smallest absolute Gasteiger partial charge is 0.239 e. The number of sulfonamides is 1. The predicted octanol–water partition coefficient (Wildman–Crippen LogP) is 1.00. The second-order valence-electron chi connectivity index (χ2n) is 4.85. The van der Waals surface area contributed by atoms with Crippen LogP contribution in [0.4, 0.5) is 0 Å². The Morgan fingerprint density at radius 2 is 2.32 bits per heavy atom. The molecule has 1 aromatic rings. The average molecular weight is 302 g/mol. The van der Waals surface area contributed by atoms with Gasteiger partial charge >= 0.3 is 0 Å². The number of nitrogens with one attached hydrogen (secondary N) is 1. The largest absolute Gasteiger partial charge is 0.338 e. The third kappa shape index (κ3) is 3.34. The molecule has 1 aliphatic heterocycles. The van der Waals surface area contributed by atoms with E-state index in [0.29, 0.717) is 12.5 Å². The summed E-state index contributed by atoms with van der Waals surface area (Å²) < 4.78 is 25.0. The third-order valence-electron chi connectivity index (χ3n) is 3.53. The SMILES string of the molecule is CNS(=O)(=O)CC(=O)N1C[C@H](c2ccsc2)C[C@H]1C. The summed E-state index contributed by atoms with van der Waals surface area (Å²) in [6.45, 7) is 2.58. The van der Waals surface area contributed by atoms with Gasteiger partial charge in [0.25, 0.3) is 0 Å². The maximum absolute atomic E-state index is 12.1. The quantitative estimate of drug-likeness (QED) is 0.902. The summed E-state index contributed by atoms with van der Waals surface area (Å²) in [6, 6.07) is 2.16. The fourth-order valence-corrected chi connectivity index (χ4v) is 3.82. The van der Waals surface area contributed by atoms with Crippen molar-refractivity contribution >= 4 is 27.3 Å². The van der Waals surface area contributed by atoms with E-state index < -0.39 is 15.8 Å². The van der Waals surface area contributed by atoms with Crippen LogP contribution in [-0.2, 0) is 14.8 Å². The molecule has 1 amide bonds. The molecule has 0 aromatic carbocycles. The van der Waals surface area contributed by atoms with Crippen molar-refractivity contribution in [3.8, 4) is 0 Å². The van der Waals surface area contributed by atoms with Crippen LogP contribution in [0.15, 0.2) is 16.8 Å². The number of nitrogens with zero attached hydrogens (tertiary/aromatic N) is 1. The molecule has 1 N–H and O–H groups in total. The Kier molecular flexibility index (Phi) is 4.27. The fraction of sp³-hybridized carbons (Fsp3) is 0.583. The molecule has 0 saturated carbocycles. The Hall–Kier alpha value is -0.920. The van der Waals surface area contributed by atoms with Crippen molar-refractivity contribution in [2.24, 2.45) is 0 Å². The Labute approximate surface area is 117 Å². The Morgan fingerprint density at radius 1 is 1.58 bits per heavy atom. The van der Waals surface area contributed by atoms with Gasteiger partial charge in [-0.3, -0.25) is 4.79 Å². The minimum atomic E-state index is -3.49. The third-order valence-corrected chi connectivity index (χ3v) is 5.48. The van der Waals surface area contributed by atoms with Gasteiger partial charge < -0.3 is 4.90 Å². The van der Waals surface area contributed by atoms with Crippen LogP contribution < -0.4 is 4.72 Å². The Bertz CT molecular complexity index is 539. The summed E-state index contributed by atoms with van der Waals surface area (Å²) in [6.07, 6.45) is 0.891. The highest BCUT2D eigenvalue weighted by Gasteiger charge is 2.34. The minimum Gasteiger partial charge on any atom is -0.338 e. The zero-order valence-electron chi connectivity index (χ0n) is 11.0. The van der Waals surface area contributed by atoms with E-state index in [-0.39, 0.29) is 11.9 Å². The summed E-state index contributed by atoms with van der Waals surface area (Å²) in [5.41, 5.74) is 1.24. The van der Waals surface area contributed by atoms with Gasteiger partial charge in [-0.2, -0.15) is 11.3 Å². The van der Waals surface area contributed by atoms with Crippen LogP contribution in [0.25, 0.3) is 0 Å². The van der Waals surface area contributed by atoms with Crippen LogP contribution in [0.3, 0.4) is 0 Å². The van der Waals surface area contributed by atoms with Gasteiger partial charge in [-0.25, -0.2) is 13.1 Å². The maximum Gasteiger partial charge on any atom is 0.239 e. The molecule has 2 rings (SSSR count). The molecule has 0 unspecified atom stereocenters.